The standard InChI is InChI=1S/C9H14N4/c1-8-5-12-13(6-8)4-3-9(2,11)7-10/h5-6H,3-4,11H2,1-2H3. The summed E-state index contributed by atoms with van der Waals surface area (Å²) in [6.45, 7) is 4.40. The maximum Gasteiger partial charge on any atom is 0.103 e. The number of nitriles is 1. The lowest BCUT2D eigenvalue weighted by molar-refractivity contribution is 0.467. The van der Waals surface area contributed by atoms with Crippen molar-refractivity contribution in [2.75, 3.05) is 0 Å². The molecular weight excluding hydrogens is 164 g/mol. The zero-order valence-corrected chi connectivity index (χ0v) is 7.99. The van der Waals surface area contributed by atoms with E-state index in [9.17, 15) is 0 Å². The van der Waals surface area contributed by atoms with Gasteiger partial charge in [-0.25, -0.2) is 0 Å². The van der Waals surface area contributed by atoms with Gasteiger partial charge < -0.3 is 5.73 Å². The van der Waals surface area contributed by atoms with E-state index in [-0.39, 0.29) is 0 Å². The average molecular weight is 178 g/mol. The Bertz CT molecular complexity index is 319. The van der Waals surface area contributed by atoms with Crippen LogP contribution in [-0.2, 0) is 6.54 Å². The van der Waals surface area contributed by atoms with Gasteiger partial charge in [-0.2, -0.15) is 10.4 Å². The van der Waals surface area contributed by atoms with Crippen LogP contribution in [0.3, 0.4) is 0 Å². The Balaban J connectivity index is 2.49. The highest BCUT2D eigenvalue weighted by Crippen LogP contribution is 2.05. The number of nitrogens with two attached hydrogens (primary N) is 1. The molecule has 1 unspecified atom stereocenters. The molecule has 0 aliphatic carbocycles. The second kappa shape index (κ2) is 3.58. The van der Waals surface area contributed by atoms with Crippen LogP contribution in [0.1, 0.15) is 18.9 Å². The van der Waals surface area contributed by atoms with Crippen LogP contribution in [0, 0.1) is 18.3 Å². The number of aromatic nitrogens is 2. The van der Waals surface area contributed by atoms with E-state index in [4.69, 9.17) is 11.0 Å². The molecule has 0 spiro atoms. The molecule has 0 radical (unpaired) electrons. The predicted molar refractivity (Wildman–Crippen MR) is 49.8 cm³/mol. The highest BCUT2D eigenvalue weighted by atomic mass is 15.3. The van der Waals surface area contributed by atoms with Gasteiger partial charge in [-0.15, -0.1) is 0 Å². The third-order valence-corrected chi connectivity index (χ3v) is 1.88. The van der Waals surface area contributed by atoms with Crippen molar-refractivity contribution in [3.05, 3.63) is 18.0 Å². The Morgan fingerprint density at radius 3 is 2.92 bits per heavy atom. The lowest BCUT2D eigenvalue weighted by Crippen LogP contribution is -2.35. The maximum absolute atomic E-state index is 8.67. The lowest BCUT2D eigenvalue weighted by atomic mass is 10.0. The Hall–Kier alpha value is -1.34. The van der Waals surface area contributed by atoms with Gasteiger partial charge in [0.1, 0.15) is 5.54 Å². The van der Waals surface area contributed by atoms with Gasteiger partial charge in [-0.3, -0.25) is 4.68 Å². The minimum atomic E-state index is -0.750. The van der Waals surface area contributed by atoms with Gasteiger partial charge in [0, 0.05) is 12.7 Å². The molecule has 1 aromatic rings. The van der Waals surface area contributed by atoms with Crippen molar-refractivity contribution in [1.29, 1.82) is 5.26 Å². The van der Waals surface area contributed by atoms with Crippen LogP contribution < -0.4 is 5.73 Å². The molecular formula is C9H14N4. The van der Waals surface area contributed by atoms with Crippen molar-refractivity contribution in [1.82, 2.24) is 9.78 Å². The molecule has 1 atom stereocenters. The maximum atomic E-state index is 8.67. The van der Waals surface area contributed by atoms with Gasteiger partial charge in [0.25, 0.3) is 0 Å². The Morgan fingerprint density at radius 2 is 2.46 bits per heavy atom. The Kier molecular flexibility index (Phi) is 2.69. The second-order valence-corrected chi connectivity index (χ2v) is 3.56. The quantitative estimate of drug-likeness (QED) is 0.745. The molecule has 0 aliphatic rings. The molecule has 0 aliphatic heterocycles. The zero-order valence-electron chi connectivity index (χ0n) is 7.99. The SMILES string of the molecule is Cc1cnn(CCC(C)(N)C#N)c1. The highest BCUT2D eigenvalue weighted by molar-refractivity contribution is 5.02. The fraction of sp³-hybridized carbons (Fsp3) is 0.556. The van der Waals surface area contributed by atoms with Crippen LogP contribution in [0.4, 0.5) is 0 Å². The van der Waals surface area contributed by atoms with Crippen molar-refractivity contribution in [3.8, 4) is 6.07 Å². The molecule has 0 saturated heterocycles. The number of hydrogen-bond donors (Lipinski definition) is 1. The van der Waals surface area contributed by atoms with E-state index in [1.807, 2.05) is 13.1 Å². The third-order valence-electron chi connectivity index (χ3n) is 1.88. The largest absolute Gasteiger partial charge is 0.314 e. The molecule has 0 bridgehead atoms. The molecule has 0 amide bonds. The average Bonchev–Trinajstić information content (AvgIpc) is 2.48. The number of rotatable bonds is 3. The van der Waals surface area contributed by atoms with Crippen LogP contribution in [0.25, 0.3) is 0 Å². The predicted octanol–water partition coefficient (Wildman–Crippen LogP) is 0.823. The van der Waals surface area contributed by atoms with E-state index in [0.29, 0.717) is 13.0 Å². The summed E-state index contributed by atoms with van der Waals surface area (Å²) < 4.78 is 1.80. The van der Waals surface area contributed by atoms with Crippen molar-refractivity contribution >= 4 is 0 Å². The molecule has 2 N–H and O–H groups in total. The second-order valence-electron chi connectivity index (χ2n) is 3.56. The zero-order chi connectivity index (χ0) is 9.90. The highest BCUT2D eigenvalue weighted by Gasteiger charge is 2.16. The van der Waals surface area contributed by atoms with Gasteiger partial charge in [0.15, 0.2) is 0 Å². The van der Waals surface area contributed by atoms with Crippen molar-refractivity contribution in [2.24, 2.45) is 5.73 Å². The molecule has 1 rings (SSSR count). The van der Waals surface area contributed by atoms with E-state index in [1.54, 1.807) is 17.8 Å². The summed E-state index contributed by atoms with van der Waals surface area (Å²) in [5.74, 6) is 0. The molecule has 70 valence electrons. The molecule has 13 heavy (non-hydrogen) atoms. The first-order valence-corrected chi connectivity index (χ1v) is 4.23. The van der Waals surface area contributed by atoms with Crippen LogP contribution in [-0.4, -0.2) is 15.3 Å². The van der Waals surface area contributed by atoms with Gasteiger partial charge in [0.2, 0.25) is 0 Å². The Labute approximate surface area is 78.0 Å². The molecule has 0 aromatic carbocycles. The van der Waals surface area contributed by atoms with Crippen LogP contribution in [0.15, 0.2) is 12.4 Å². The first-order valence-electron chi connectivity index (χ1n) is 4.23. The van der Waals surface area contributed by atoms with E-state index >= 15 is 0 Å². The van der Waals surface area contributed by atoms with Crippen LogP contribution in [0.2, 0.25) is 0 Å². The van der Waals surface area contributed by atoms with Crippen molar-refractivity contribution < 1.29 is 0 Å². The first-order chi connectivity index (χ1) is 6.03. The van der Waals surface area contributed by atoms with Gasteiger partial charge >= 0.3 is 0 Å². The minimum absolute atomic E-state index is 0.616. The van der Waals surface area contributed by atoms with Crippen molar-refractivity contribution in [2.45, 2.75) is 32.4 Å². The summed E-state index contributed by atoms with van der Waals surface area (Å²) in [6.07, 6.45) is 4.35. The lowest BCUT2D eigenvalue weighted by Gasteiger charge is -2.14. The van der Waals surface area contributed by atoms with Gasteiger partial charge in [0.05, 0.1) is 12.3 Å². The van der Waals surface area contributed by atoms with Crippen LogP contribution >= 0.6 is 0 Å². The van der Waals surface area contributed by atoms with Gasteiger partial charge in [-0.1, -0.05) is 0 Å². The molecule has 0 saturated carbocycles. The van der Waals surface area contributed by atoms with E-state index in [0.717, 1.165) is 5.56 Å². The number of aryl methyl sites for hydroxylation is 2. The fourth-order valence-electron chi connectivity index (χ4n) is 0.992. The summed E-state index contributed by atoms with van der Waals surface area (Å²) >= 11 is 0. The smallest absolute Gasteiger partial charge is 0.103 e. The summed E-state index contributed by atoms with van der Waals surface area (Å²) in [5, 5.41) is 12.8. The molecule has 4 heteroatoms. The third kappa shape index (κ3) is 2.88. The molecule has 0 fully saturated rings. The minimum Gasteiger partial charge on any atom is -0.314 e. The van der Waals surface area contributed by atoms with E-state index in [1.165, 1.54) is 0 Å². The van der Waals surface area contributed by atoms with E-state index < -0.39 is 5.54 Å². The molecule has 1 heterocycles. The number of nitrogens with zero attached hydrogens (tertiary/aromatic N) is 3. The topological polar surface area (TPSA) is 67.6 Å². The fourth-order valence-corrected chi connectivity index (χ4v) is 0.992. The normalized spacial score (nSPS) is 14.9. The molecule has 1 aromatic heterocycles. The first kappa shape index (κ1) is 9.75. The molecule has 4 nitrogen and oxygen atoms in total. The van der Waals surface area contributed by atoms with Crippen LogP contribution in [0.5, 0.6) is 0 Å². The summed E-state index contributed by atoms with van der Waals surface area (Å²) in [7, 11) is 0. The summed E-state index contributed by atoms with van der Waals surface area (Å²) in [5.41, 5.74) is 6.04. The summed E-state index contributed by atoms with van der Waals surface area (Å²) in [6, 6.07) is 2.06. The van der Waals surface area contributed by atoms with Crippen molar-refractivity contribution in [3.63, 3.8) is 0 Å². The summed E-state index contributed by atoms with van der Waals surface area (Å²) in [4.78, 5) is 0. The monoisotopic (exact) mass is 178 g/mol. The Morgan fingerprint density at radius 1 is 1.77 bits per heavy atom. The van der Waals surface area contributed by atoms with Gasteiger partial charge in [-0.05, 0) is 25.8 Å². The number of hydrogen-bond acceptors (Lipinski definition) is 3. The van der Waals surface area contributed by atoms with E-state index in [2.05, 4.69) is 11.2 Å².